The minimum absolute atomic E-state index is 0.0855. The summed E-state index contributed by atoms with van der Waals surface area (Å²) in [6.45, 7) is 0.315. The van der Waals surface area contributed by atoms with E-state index in [1.54, 1.807) is 20.3 Å². The number of nitrogens with zero attached hydrogens (tertiary/aromatic N) is 1. The molecule has 2 aromatic rings. The molecule has 0 aromatic heterocycles. The number of halogens is 1. The zero-order chi connectivity index (χ0) is 21.9. The van der Waals surface area contributed by atoms with Crippen molar-refractivity contribution in [3.05, 3.63) is 52.5 Å². The van der Waals surface area contributed by atoms with Gasteiger partial charge in [-0.05, 0) is 42.3 Å². The number of ether oxygens (including phenoxy) is 2. The second-order valence-corrected chi connectivity index (χ2v) is 8.93. The van der Waals surface area contributed by atoms with Gasteiger partial charge in [-0.2, -0.15) is 0 Å². The van der Waals surface area contributed by atoms with Crippen LogP contribution in [0.25, 0.3) is 0 Å². The summed E-state index contributed by atoms with van der Waals surface area (Å²) >= 11 is 6.13. The summed E-state index contributed by atoms with van der Waals surface area (Å²) in [5.74, 6) is -0.0428. The summed E-state index contributed by atoms with van der Waals surface area (Å²) < 4.78 is 35.4. The summed E-state index contributed by atoms with van der Waals surface area (Å²) in [5, 5.41) is 2.91. The van der Waals surface area contributed by atoms with Crippen molar-refractivity contribution in [1.82, 2.24) is 5.32 Å². The molecule has 30 heavy (non-hydrogen) atoms. The van der Waals surface area contributed by atoms with E-state index in [0.29, 0.717) is 24.5 Å². The van der Waals surface area contributed by atoms with E-state index in [4.69, 9.17) is 21.1 Å². The topological polar surface area (TPSA) is 102 Å². The first-order chi connectivity index (χ1) is 14.3. The van der Waals surface area contributed by atoms with Crippen LogP contribution in [-0.2, 0) is 21.2 Å². The number of carbonyl (C=O) groups excluding carboxylic acids is 2. The first-order valence-corrected chi connectivity index (χ1v) is 11.1. The van der Waals surface area contributed by atoms with Crippen molar-refractivity contribution in [2.24, 2.45) is 0 Å². The van der Waals surface area contributed by atoms with Crippen molar-refractivity contribution in [1.29, 1.82) is 0 Å². The number of methoxy groups -OCH3 is 2. The van der Waals surface area contributed by atoms with Gasteiger partial charge in [0.25, 0.3) is 5.91 Å². The van der Waals surface area contributed by atoms with E-state index in [-0.39, 0.29) is 28.4 Å². The average Bonchev–Trinajstić information content (AvgIpc) is 3.00. The van der Waals surface area contributed by atoms with Crippen molar-refractivity contribution in [3.8, 4) is 11.5 Å². The maximum absolute atomic E-state index is 12.6. The molecular weight excluding hydrogens is 432 g/mol. The molecule has 1 aliphatic rings. The van der Waals surface area contributed by atoms with Crippen LogP contribution in [0.1, 0.15) is 22.3 Å². The van der Waals surface area contributed by atoms with Gasteiger partial charge >= 0.3 is 0 Å². The van der Waals surface area contributed by atoms with Gasteiger partial charge in [0.1, 0.15) is 0 Å². The number of nitrogens with one attached hydrogen (secondary N) is 1. The average molecular weight is 453 g/mol. The Morgan fingerprint density at radius 1 is 1.13 bits per heavy atom. The Balaban J connectivity index is 1.71. The maximum atomic E-state index is 12.6. The van der Waals surface area contributed by atoms with Gasteiger partial charge in [-0.3, -0.25) is 9.59 Å². The Morgan fingerprint density at radius 2 is 1.87 bits per heavy atom. The number of sulfonamides is 1. The van der Waals surface area contributed by atoms with E-state index >= 15 is 0 Å². The molecule has 0 atom stereocenters. The van der Waals surface area contributed by atoms with Gasteiger partial charge in [-0.15, -0.1) is 0 Å². The Labute approximate surface area is 179 Å². The highest BCUT2D eigenvalue weighted by molar-refractivity contribution is 7.94. The molecule has 0 spiro atoms. The summed E-state index contributed by atoms with van der Waals surface area (Å²) in [4.78, 5) is 24.6. The SMILES string of the molecule is COc1ccc(CCNC(=O)c2cc(N3C(=O)CCS3(=O)=O)ccc2Cl)cc1OC. The minimum Gasteiger partial charge on any atom is -0.493 e. The van der Waals surface area contributed by atoms with Crippen molar-refractivity contribution in [2.45, 2.75) is 12.8 Å². The Hall–Kier alpha value is -2.78. The molecule has 160 valence electrons. The second-order valence-electron chi connectivity index (χ2n) is 6.58. The number of amides is 2. The monoisotopic (exact) mass is 452 g/mol. The fourth-order valence-electron chi connectivity index (χ4n) is 3.13. The molecule has 1 heterocycles. The number of benzene rings is 2. The molecule has 1 N–H and O–H groups in total. The molecule has 8 nitrogen and oxygen atoms in total. The van der Waals surface area contributed by atoms with Crippen LogP contribution >= 0.6 is 11.6 Å². The van der Waals surface area contributed by atoms with E-state index in [1.807, 2.05) is 12.1 Å². The molecule has 0 unspecified atom stereocenters. The first kappa shape index (κ1) is 21.9. The molecule has 2 aromatic carbocycles. The van der Waals surface area contributed by atoms with E-state index in [9.17, 15) is 18.0 Å². The fraction of sp³-hybridized carbons (Fsp3) is 0.300. The molecule has 10 heteroatoms. The standard InChI is InChI=1S/C20H21ClN2O6S/c1-28-17-6-3-13(11-18(17)29-2)7-9-22-20(25)15-12-14(4-5-16(15)21)23-19(24)8-10-30(23,26)27/h3-6,11-12H,7-10H2,1-2H3,(H,22,25). The van der Waals surface area contributed by atoms with Crippen molar-refractivity contribution in [3.63, 3.8) is 0 Å². The van der Waals surface area contributed by atoms with Gasteiger partial charge < -0.3 is 14.8 Å². The minimum atomic E-state index is -3.72. The van der Waals surface area contributed by atoms with Crippen LogP contribution in [0.4, 0.5) is 5.69 Å². The number of hydrogen-bond donors (Lipinski definition) is 1. The summed E-state index contributed by atoms with van der Waals surface area (Å²) in [7, 11) is -0.626. The molecule has 0 saturated carbocycles. The Morgan fingerprint density at radius 3 is 2.50 bits per heavy atom. The number of hydrogen-bond acceptors (Lipinski definition) is 6. The van der Waals surface area contributed by atoms with Crippen LogP contribution in [0.2, 0.25) is 5.02 Å². The normalized spacial score (nSPS) is 15.2. The smallest absolute Gasteiger partial charge is 0.252 e. The molecule has 1 fully saturated rings. The molecule has 0 aliphatic carbocycles. The molecular formula is C20H21ClN2O6S. The van der Waals surface area contributed by atoms with E-state index in [2.05, 4.69) is 5.32 Å². The van der Waals surface area contributed by atoms with Crippen molar-refractivity contribution >= 4 is 39.1 Å². The van der Waals surface area contributed by atoms with Gasteiger partial charge in [-0.1, -0.05) is 17.7 Å². The highest BCUT2D eigenvalue weighted by atomic mass is 35.5. The largest absolute Gasteiger partial charge is 0.493 e. The van der Waals surface area contributed by atoms with Gasteiger partial charge in [0.05, 0.1) is 36.2 Å². The number of anilines is 1. The predicted octanol–water partition coefficient (Wildman–Crippen LogP) is 2.40. The predicted molar refractivity (Wildman–Crippen MR) is 113 cm³/mol. The highest BCUT2D eigenvalue weighted by Crippen LogP contribution is 2.29. The maximum Gasteiger partial charge on any atom is 0.252 e. The van der Waals surface area contributed by atoms with Gasteiger partial charge in [0.2, 0.25) is 15.9 Å². The van der Waals surface area contributed by atoms with E-state index in [0.717, 1.165) is 9.87 Å². The molecule has 3 rings (SSSR count). The lowest BCUT2D eigenvalue weighted by atomic mass is 10.1. The summed E-state index contributed by atoms with van der Waals surface area (Å²) in [6.07, 6.45) is 0.445. The lowest BCUT2D eigenvalue weighted by molar-refractivity contribution is -0.116. The molecule has 0 radical (unpaired) electrons. The van der Waals surface area contributed by atoms with Crippen LogP contribution in [-0.4, -0.2) is 46.7 Å². The van der Waals surface area contributed by atoms with Crippen LogP contribution in [0.5, 0.6) is 11.5 Å². The van der Waals surface area contributed by atoms with Crippen LogP contribution < -0.4 is 19.1 Å². The van der Waals surface area contributed by atoms with Crippen molar-refractivity contribution in [2.75, 3.05) is 30.8 Å². The molecule has 2 amide bonds. The number of carbonyl (C=O) groups is 2. The highest BCUT2D eigenvalue weighted by Gasteiger charge is 2.36. The second kappa shape index (κ2) is 8.93. The van der Waals surface area contributed by atoms with Gasteiger partial charge in [0, 0.05) is 13.0 Å². The lowest BCUT2D eigenvalue weighted by Crippen LogP contribution is -2.30. The van der Waals surface area contributed by atoms with Crippen LogP contribution in [0, 0.1) is 0 Å². The third kappa shape index (κ3) is 4.52. The van der Waals surface area contributed by atoms with Crippen LogP contribution in [0.3, 0.4) is 0 Å². The van der Waals surface area contributed by atoms with E-state index < -0.39 is 21.8 Å². The van der Waals surface area contributed by atoms with Crippen molar-refractivity contribution < 1.29 is 27.5 Å². The lowest BCUT2D eigenvalue weighted by Gasteiger charge is -2.16. The zero-order valence-corrected chi connectivity index (χ0v) is 18.0. The molecule has 0 bridgehead atoms. The third-order valence-corrected chi connectivity index (χ3v) is 6.68. The molecule has 1 aliphatic heterocycles. The van der Waals surface area contributed by atoms with Gasteiger partial charge in [0.15, 0.2) is 11.5 Å². The van der Waals surface area contributed by atoms with Crippen LogP contribution in [0.15, 0.2) is 36.4 Å². The third-order valence-electron chi connectivity index (χ3n) is 4.65. The Bertz CT molecular complexity index is 1090. The molecule has 1 saturated heterocycles. The fourth-order valence-corrected chi connectivity index (χ4v) is 4.79. The quantitative estimate of drug-likeness (QED) is 0.692. The van der Waals surface area contributed by atoms with Gasteiger partial charge in [-0.25, -0.2) is 12.7 Å². The summed E-state index contributed by atoms with van der Waals surface area (Å²) in [6, 6.07) is 9.59. The summed E-state index contributed by atoms with van der Waals surface area (Å²) in [5.41, 5.74) is 1.13. The Kier molecular flexibility index (Phi) is 6.52. The van der Waals surface area contributed by atoms with E-state index in [1.165, 1.54) is 18.2 Å². The first-order valence-electron chi connectivity index (χ1n) is 9.11. The zero-order valence-electron chi connectivity index (χ0n) is 16.5. The number of rotatable bonds is 7.